The molecule has 0 aromatic heterocycles. The Morgan fingerprint density at radius 1 is 1.32 bits per heavy atom. The molecule has 0 heterocycles. The van der Waals surface area contributed by atoms with E-state index in [-0.39, 0.29) is 18.3 Å². The normalized spacial score (nSPS) is 10.5. The maximum atomic E-state index is 13.0. The van der Waals surface area contributed by atoms with Crippen molar-refractivity contribution in [1.29, 1.82) is 0 Å². The number of nitrogens with zero attached hydrogens (tertiary/aromatic N) is 1. The number of amides is 1. The number of unbranched alkanes of at least 4 members (excludes halogenated alkanes) is 2. The largest absolute Gasteiger partial charge is 0.395 e. The van der Waals surface area contributed by atoms with Gasteiger partial charge in [0.05, 0.1) is 6.61 Å². The highest BCUT2D eigenvalue weighted by atomic mass is 19.1. The maximum Gasteiger partial charge on any atom is 0.254 e. The van der Waals surface area contributed by atoms with Crippen LogP contribution in [0.3, 0.4) is 0 Å². The first-order valence-electron chi connectivity index (χ1n) is 6.76. The minimum Gasteiger partial charge on any atom is -0.395 e. The fourth-order valence-electron chi connectivity index (χ4n) is 2.03. The van der Waals surface area contributed by atoms with Crippen LogP contribution < -0.4 is 0 Å². The molecule has 0 radical (unpaired) electrons. The van der Waals surface area contributed by atoms with Crippen molar-refractivity contribution < 1.29 is 14.3 Å². The van der Waals surface area contributed by atoms with E-state index in [1.807, 2.05) is 0 Å². The van der Waals surface area contributed by atoms with E-state index >= 15 is 0 Å². The molecular formula is C15H22FNO2. The first-order valence-corrected chi connectivity index (χ1v) is 6.76. The van der Waals surface area contributed by atoms with E-state index in [0.717, 1.165) is 19.3 Å². The van der Waals surface area contributed by atoms with Crippen LogP contribution in [0.1, 0.15) is 42.1 Å². The summed E-state index contributed by atoms with van der Waals surface area (Å²) in [6.07, 6.45) is 3.05. The summed E-state index contributed by atoms with van der Waals surface area (Å²) in [5.41, 5.74) is 1.13. The van der Waals surface area contributed by atoms with Crippen molar-refractivity contribution in [3.05, 3.63) is 35.1 Å². The second-order valence-corrected chi connectivity index (χ2v) is 4.68. The Kier molecular flexibility index (Phi) is 6.50. The minimum atomic E-state index is -0.339. The summed E-state index contributed by atoms with van der Waals surface area (Å²) in [6, 6.07) is 4.16. The van der Waals surface area contributed by atoms with Crippen LogP contribution in [0.15, 0.2) is 18.2 Å². The van der Waals surface area contributed by atoms with E-state index in [0.29, 0.717) is 24.2 Å². The quantitative estimate of drug-likeness (QED) is 0.772. The molecule has 3 nitrogen and oxygen atoms in total. The van der Waals surface area contributed by atoms with E-state index in [1.165, 1.54) is 18.2 Å². The van der Waals surface area contributed by atoms with E-state index in [4.69, 9.17) is 5.11 Å². The lowest BCUT2D eigenvalue weighted by molar-refractivity contribution is 0.0718. The van der Waals surface area contributed by atoms with Crippen LogP contribution in [0.4, 0.5) is 4.39 Å². The Balaban J connectivity index is 2.79. The predicted octanol–water partition coefficient (Wildman–Crippen LogP) is 2.76. The van der Waals surface area contributed by atoms with Crippen LogP contribution in [-0.2, 0) is 0 Å². The lowest BCUT2D eigenvalue weighted by Crippen LogP contribution is -2.34. The summed E-state index contributed by atoms with van der Waals surface area (Å²) >= 11 is 0. The van der Waals surface area contributed by atoms with E-state index in [9.17, 15) is 9.18 Å². The van der Waals surface area contributed by atoms with E-state index in [2.05, 4.69) is 6.92 Å². The van der Waals surface area contributed by atoms with Gasteiger partial charge in [0.15, 0.2) is 0 Å². The van der Waals surface area contributed by atoms with Crippen molar-refractivity contribution in [3.8, 4) is 0 Å². The molecular weight excluding hydrogens is 245 g/mol. The van der Waals surface area contributed by atoms with Crippen molar-refractivity contribution >= 4 is 5.91 Å². The first-order chi connectivity index (χ1) is 9.10. The minimum absolute atomic E-state index is 0.0574. The molecule has 0 saturated carbocycles. The molecule has 106 valence electrons. The van der Waals surface area contributed by atoms with Gasteiger partial charge in [0.2, 0.25) is 0 Å². The molecule has 1 aromatic rings. The third kappa shape index (κ3) is 4.63. The topological polar surface area (TPSA) is 40.5 Å². The molecule has 0 aliphatic heterocycles. The molecule has 0 bridgehead atoms. The average Bonchev–Trinajstić information content (AvgIpc) is 2.37. The lowest BCUT2D eigenvalue weighted by Gasteiger charge is -2.22. The third-order valence-corrected chi connectivity index (χ3v) is 3.11. The highest BCUT2D eigenvalue weighted by Crippen LogP contribution is 2.13. The molecule has 4 heteroatoms. The van der Waals surface area contributed by atoms with Gasteiger partial charge < -0.3 is 10.0 Å². The van der Waals surface area contributed by atoms with Gasteiger partial charge in [-0.05, 0) is 37.1 Å². The highest BCUT2D eigenvalue weighted by Gasteiger charge is 2.17. The van der Waals surface area contributed by atoms with Crippen molar-refractivity contribution in [1.82, 2.24) is 4.90 Å². The van der Waals surface area contributed by atoms with Gasteiger partial charge in [-0.25, -0.2) is 4.39 Å². The van der Waals surface area contributed by atoms with Crippen LogP contribution in [0.5, 0.6) is 0 Å². The molecule has 0 spiro atoms. The number of carbonyl (C=O) groups is 1. The molecule has 1 rings (SSSR count). The van der Waals surface area contributed by atoms with E-state index < -0.39 is 0 Å². The van der Waals surface area contributed by atoms with Crippen LogP contribution in [-0.4, -0.2) is 35.6 Å². The van der Waals surface area contributed by atoms with Crippen LogP contribution in [0.2, 0.25) is 0 Å². The Labute approximate surface area is 114 Å². The highest BCUT2D eigenvalue weighted by molar-refractivity contribution is 5.95. The van der Waals surface area contributed by atoms with Gasteiger partial charge in [0, 0.05) is 18.7 Å². The molecule has 19 heavy (non-hydrogen) atoms. The van der Waals surface area contributed by atoms with Crippen molar-refractivity contribution in [2.75, 3.05) is 19.7 Å². The SMILES string of the molecule is CCCCCN(CCO)C(=O)c1ccc(F)cc1C. The predicted molar refractivity (Wildman–Crippen MR) is 73.7 cm³/mol. The van der Waals surface area contributed by atoms with Crippen LogP contribution in [0.25, 0.3) is 0 Å². The zero-order chi connectivity index (χ0) is 14.3. The van der Waals surface area contributed by atoms with Gasteiger partial charge in [-0.2, -0.15) is 0 Å². The summed E-state index contributed by atoms with van der Waals surface area (Å²) in [5.74, 6) is -0.476. The zero-order valence-corrected chi connectivity index (χ0v) is 11.7. The van der Waals surface area contributed by atoms with Gasteiger partial charge in [-0.1, -0.05) is 19.8 Å². The van der Waals surface area contributed by atoms with Crippen molar-refractivity contribution in [2.45, 2.75) is 33.1 Å². The molecule has 0 aliphatic carbocycles. The molecule has 0 fully saturated rings. The smallest absolute Gasteiger partial charge is 0.254 e. The molecule has 0 unspecified atom stereocenters. The number of aliphatic hydroxyl groups is 1. The Hall–Kier alpha value is -1.42. The van der Waals surface area contributed by atoms with Crippen molar-refractivity contribution in [2.24, 2.45) is 0 Å². The lowest BCUT2D eigenvalue weighted by atomic mass is 10.1. The number of carbonyl (C=O) groups excluding carboxylic acids is 1. The molecule has 0 atom stereocenters. The molecule has 1 aromatic carbocycles. The van der Waals surface area contributed by atoms with Gasteiger partial charge in [0.25, 0.3) is 5.91 Å². The Morgan fingerprint density at radius 3 is 2.63 bits per heavy atom. The van der Waals surface area contributed by atoms with Crippen molar-refractivity contribution in [3.63, 3.8) is 0 Å². The fourth-order valence-corrected chi connectivity index (χ4v) is 2.03. The summed E-state index contributed by atoms with van der Waals surface area (Å²) in [5, 5.41) is 9.05. The summed E-state index contributed by atoms with van der Waals surface area (Å²) in [4.78, 5) is 14.0. The number of hydrogen-bond donors (Lipinski definition) is 1. The summed E-state index contributed by atoms with van der Waals surface area (Å²) in [7, 11) is 0. The van der Waals surface area contributed by atoms with Crippen LogP contribution in [0, 0.1) is 12.7 Å². The second kappa shape index (κ2) is 7.89. The number of rotatable bonds is 7. The first kappa shape index (κ1) is 15.6. The molecule has 0 saturated heterocycles. The standard InChI is InChI=1S/C15H22FNO2/c1-3-4-5-8-17(9-10-18)15(19)14-7-6-13(16)11-12(14)2/h6-7,11,18H,3-5,8-10H2,1-2H3. The van der Waals surface area contributed by atoms with E-state index in [1.54, 1.807) is 11.8 Å². The molecule has 0 aliphatic rings. The third-order valence-electron chi connectivity index (χ3n) is 3.11. The van der Waals surface area contributed by atoms with Gasteiger partial charge in [-0.3, -0.25) is 4.79 Å². The summed E-state index contributed by atoms with van der Waals surface area (Å²) < 4.78 is 13.0. The monoisotopic (exact) mass is 267 g/mol. The second-order valence-electron chi connectivity index (χ2n) is 4.68. The molecule has 1 N–H and O–H groups in total. The number of aryl methyl sites for hydroxylation is 1. The number of aliphatic hydroxyl groups excluding tert-OH is 1. The number of halogens is 1. The fraction of sp³-hybridized carbons (Fsp3) is 0.533. The number of benzene rings is 1. The number of hydrogen-bond acceptors (Lipinski definition) is 2. The zero-order valence-electron chi connectivity index (χ0n) is 11.7. The molecule has 1 amide bonds. The Bertz CT molecular complexity index is 421. The maximum absolute atomic E-state index is 13.0. The summed E-state index contributed by atoms with van der Waals surface area (Å²) in [6.45, 7) is 4.71. The van der Waals surface area contributed by atoms with Gasteiger partial charge in [0.1, 0.15) is 5.82 Å². The van der Waals surface area contributed by atoms with Gasteiger partial charge >= 0.3 is 0 Å². The van der Waals surface area contributed by atoms with Crippen LogP contribution >= 0.6 is 0 Å². The average molecular weight is 267 g/mol. The van der Waals surface area contributed by atoms with Gasteiger partial charge in [-0.15, -0.1) is 0 Å². The Morgan fingerprint density at radius 2 is 2.05 bits per heavy atom.